The molecule has 2 rings (SSSR count). The number of hydrogen-bond acceptors (Lipinski definition) is 5. The van der Waals surface area contributed by atoms with Crippen molar-refractivity contribution in [2.24, 2.45) is 10.8 Å². The lowest BCUT2D eigenvalue weighted by Gasteiger charge is -2.22. The van der Waals surface area contributed by atoms with E-state index in [0.717, 1.165) is 25.9 Å². The summed E-state index contributed by atoms with van der Waals surface area (Å²) in [4.78, 5) is 13.1. The fourth-order valence-electron chi connectivity index (χ4n) is 2.52. The van der Waals surface area contributed by atoms with Crippen LogP contribution >= 0.6 is 12.2 Å². The van der Waals surface area contributed by atoms with Crippen LogP contribution in [0.15, 0.2) is 23.3 Å². The van der Waals surface area contributed by atoms with E-state index in [1.54, 1.807) is 12.1 Å². The predicted octanol–water partition coefficient (Wildman–Crippen LogP) is 2.14. The molecule has 118 valence electrons. The molecule has 8 heteroatoms. The molecule has 1 saturated heterocycles. The summed E-state index contributed by atoms with van der Waals surface area (Å²) < 4.78 is 0. The first-order valence-electron chi connectivity index (χ1n) is 7.20. The molecule has 0 atom stereocenters. The van der Waals surface area contributed by atoms with E-state index >= 15 is 0 Å². The Morgan fingerprint density at radius 1 is 1.36 bits per heavy atom. The van der Waals surface area contributed by atoms with Crippen LogP contribution in [-0.4, -0.2) is 29.3 Å². The van der Waals surface area contributed by atoms with Crippen LogP contribution in [0.1, 0.15) is 31.2 Å². The van der Waals surface area contributed by atoms with Crippen molar-refractivity contribution < 1.29 is 4.92 Å². The molecular weight excluding hydrogens is 302 g/mol. The van der Waals surface area contributed by atoms with Crippen molar-refractivity contribution in [2.45, 2.75) is 25.7 Å². The molecule has 0 aromatic heterocycles. The van der Waals surface area contributed by atoms with Crippen molar-refractivity contribution in [3.05, 3.63) is 33.9 Å². The molecule has 0 bridgehead atoms. The van der Waals surface area contributed by atoms with Gasteiger partial charge in [-0.25, -0.2) is 0 Å². The highest BCUT2D eigenvalue weighted by Gasteiger charge is 2.20. The highest BCUT2D eigenvalue weighted by molar-refractivity contribution is 7.80. The Labute approximate surface area is 134 Å². The van der Waals surface area contributed by atoms with Crippen molar-refractivity contribution >= 4 is 34.9 Å². The zero-order valence-corrected chi connectivity index (χ0v) is 13.0. The minimum absolute atomic E-state index is 0.0481. The standard InChI is InChI=1S/C14H19N5O2S/c15-14(22)17-16-10-11-5-6-12(13(9-11)19(20)21)18-7-3-1-2-4-8-18/h5-6,9-10H,1-4,7-8H2,(H3,15,17,22)/b16-10-. The van der Waals surface area contributed by atoms with E-state index in [-0.39, 0.29) is 15.7 Å². The van der Waals surface area contributed by atoms with Crippen LogP contribution in [0.2, 0.25) is 0 Å². The predicted molar refractivity (Wildman–Crippen MR) is 91.3 cm³/mol. The van der Waals surface area contributed by atoms with E-state index < -0.39 is 0 Å². The van der Waals surface area contributed by atoms with Gasteiger partial charge in [-0.3, -0.25) is 15.5 Å². The molecule has 0 spiro atoms. The third kappa shape index (κ3) is 4.39. The van der Waals surface area contributed by atoms with Gasteiger partial charge in [-0.05, 0) is 31.1 Å². The first-order chi connectivity index (χ1) is 10.6. The Morgan fingerprint density at radius 2 is 2.05 bits per heavy atom. The van der Waals surface area contributed by atoms with Gasteiger partial charge in [0, 0.05) is 24.7 Å². The van der Waals surface area contributed by atoms with E-state index in [2.05, 4.69) is 27.6 Å². The van der Waals surface area contributed by atoms with Crippen LogP contribution in [-0.2, 0) is 0 Å². The number of hydrazone groups is 1. The first kappa shape index (κ1) is 16.2. The molecule has 3 N–H and O–H groups in total. The van der Waals surface area contributed by atoms with Crippen LogP contribution in [0, 0.1) is 10.1 Å². The minimum atomic E-state index is -0.349. The number of rotatable bonds is 4. The Bertz CT molecular complexity index is 583. The minimum Gasteiger partial charge on any atom is -0.375 e. The Kier molecular flexibility index (Phi) is 5.65. The number of hydrogen-bond donors (Lipinski definition) is 2. The third-order valence-electron chi connectivity index (χ3n) is 3.53. The average molecular weight is 321 g/mol. The fraction of sp³-hybridized carbons (Fsp3) is 0.429. The summed E-state index contributed by atoms with van der Waals surface area (Å²) in [5.74, 6) is 0. The van der Waals surface area contributed by atoms with Gasteiger partial charge in [-0.2, -0.15) is 5.10 Å². The lowest BCUT2D eigenvalue weighted by molar-refractivity contribution is -0.384. The first-order valence-corrected chi connectivity index (χ1v) is 7.60. The van der Waals surface area contributed by atoms with Crippen LogP contribution in [0.4, 0.5) is 11.4 Å². The lowest BCUT2D eigenvalue weighted by Crippen LogP contribution is -2.25. The molecule has 1 aromatic carbocycles. The normalized spacial score (nSPS) is 15.5. The summed E-state index contributed by atoms with van der Waals surface area (Å²) in [6, 6.07) is 5.11. The topological polar surface area (TPSA) is 96.8 Å². The van der Waals surface area contributed by atoms with Gasteiger partial charge in [0.25, 0.3) is 5.69 Å². The van der Waals surface area contributed by atoms with Gasteiger partial charge >= 0.3 is 0 Å². The van der Waals surface area contributed by atoms with E-state index in [1.165, 1.54) is 25.1 Å². The van der Waals surface area contributed by atoms with Gasteiger partial charge in [0.1, 0.15) is 5.69 Å². The maximum absolute atomic E-state index is 11.4. The molecule has 1 aromatic rings. The zero-order chi connectivity index (χ0) is 15.9. The van der Waals surface area contributed by atoms with E-state index in [4.69, 9.17) is 5.73 Å². The van der Waals surface area contributed by atoms with Crippen molar-refractivity contribution in [2.75, 3.05) is 18.0 Å². The molecule has 0 radical (unpaired) electrons. The van der Waals surface area contributed by atoms with Crippen molar-refractivity contribution in [3.8, 4) is 0 Å². The molecule has 22 heavy (non-hydrogen) atoms. The molecule has 0 amide bonds. The molecular formula is C14H19N5O2S. The summed E-state index contributed by atoms with van der Waals surface area (Å²) >= 11 is 4.64. The number of nitro groups is 1. The van der Waals surface area contributed by atoms with Crippen LogP contribution < -0.4 is 16.1 Å². The lowest BCUT2D eigenvalue weighted by atomic mass is 10.1. The molecule has 0 aliphatic carbocycles. The zero-order valence-electron chi connectivity index (χ0n) is 12.2. The van der Waals surface area contributed by atoms with E-state index in [9.17, 15) is 10.1 Å². The molecule has 1 fully saturated rings. The van der Waals surface area contributed by atoms with E-state index in [1.807, 2.05) is 0 Å². The largest absolute Gasteiger partial charge is 0.375 e. The van der Waals surface area contributed by atoms with E-state index in [0.29, 0.717) is 11.3 Å². The van der Waals surface area contributed by atoms with Gasteiger partial charge in [0.05, 0.1) is 11.1 Å². The Morgan fingerprint density at radius 3 is 2.64 bits per heavy atom. The highest BCUT2D eigenvalue weighted by atomic mass is 32.1. The summed E-state index contributed by atoms with van der Waals surface area (Å²) in [5, 5.41) is 15.2. The second-order valence-corrected chi connectivity index (χ2v) is 5.58. The molecule has 1 heterocycles. The molecule has 1 aliphatic rings. The summed E-state index contributed by atoms with van der Waals surface area (Å²) in [7, 11) is 0. The number of anilines is 1. The van der Waals surface area contributed by atoms with Crippen molar-refractivity contribution in [1.82, 2.24) is 5.43 Å². The summed E-state index contributed by atoms with van der Waals surface area (Å²) in [5.41, 5.74) is 9.08. The maximum atomic E-state index is 11.4. The number of nitrogens with one attached hydrogen (secondary N) is 1. The second-order valence-electron chi connectivity index (χ2n) is 5.14. The molecule has 0 saturated carbocycles. The van der Waals surface area contributed by atoms with Gasteiger partial charge in [0.15, 0.2) is 5.11 Å². The number of nitro benzene ring substituents is 1. The van der Waals surface area contributed by atoms with Crippen molar-refractivity contribution in [3.63, 3.8) is 0 Å². The van der Waals surface area contributed by atoms with Crippen LogP contribution in [0.25, 0.3) is 0 Å². The number of nitrogens with zero attached hydrogens (tertiary/aromatic N) is 3. The average Bonchev–Trinajstić information content (AvgIpc) is 2.75. The molecule has 0 unspecified atom stereocenters. The van der Waals surface area contributed by atoms with Gasteiger partial charge in [0.2, 0.25) is 0 Å². The van der Waals surface area contributed by atoms with Crippen molar-refractivity contribution in [1.29, 1.82) is 0 Å². The monoisotopic (exact) mass is 321 g/mol. The van der Waals surface area contributed by atoms with Gasteiger partial charge in [-0.15, -0.1) is 0 Å². The molecule has 1 aliphatic heterocycles. The third-order valence-corrected chi connectivity index (χ3v) is 3.62. The summed E-state index contributed by atoms with van der Waals surface area (Å²) in [6.45, 7) is 1.72. The Hall–Kier alpha value is -2.22. The maximum Gasteiger partial charge on any atom is 0.293 e. The molecule has 7 nitrogen and oxygen atoms in total. The quantitative estimate of drug-likeness (QED) is 0.382. The Balaban J connectivity index is 2.24. The number of benzene rings is 1. The van der Waals surface area contributed by atoms with Gasteiger partial charge in [-0.1, -0.05) is 18.9 Å². The summed E-state index contributed by atoms with van der Waals surface area (Å²) in [6.07, 6.45) is 5.95. The smallest absolute Gasteiger partial charge is 0.293 e. The van der Waals surface area contributed by atoms with Crippen LogP contribution in [0.5, 0.6) is 0 Å². The number of nitrogens with two attached hydrogens (primary N) is 1. The SMILES string of the molecule is NC(=S)N/N=C\c1ccc(N2CCCCCC2)c([N+](=O)[O-])c1. The second kappa shape index (κ2) is 7.69. The number of thiocarbonyl (C=S) groups is 1. The van der Waals surface area contributed by atoms with Crippen LogP contribution in [0.3, 0.4) is 0 Å². The highest BCUT2D eigenvalue weighted by Crippen LogP contribution is 2.30. The van der Waals surface area contributed by atoms with Gasteiger partial charge < -0.3 is 10.6 Å². The fourth-order valence-corrected chi connectivity index (χ4v) is 2.57.